The molecule has 106 valence electrons. The summed E-state index contributed by atoms with van der Waals surface area (Å²) in [6, 6.07) is 0.345. The van der Waals surface area contributed by atoms with Crippen molar-refractivity contribution in [1.29, 1.82) is 0 Å². The summed E-state index contributed by atoms with van der Waals surface area (Å²) in [5.41, 5.74) is 0.455. The molecule has 0 atom stereocenters. The minimum absolute atomic E-state index is 0.345. The Hall–Kier alpha value is -1.59. The quantitative estimate of drug-likeness (QED) is 0.751. The molecule has 1 fully saturated rings. The fraction of sp³-hybridized carbons (Fsp3) is 0.769. The number of nitrogens with one attached hydrogen (secondary N) is 2. The lowest BCUT2D eigenvalue weighted by atomic mass is 10.0. The van der Waals surface area contributed by atoms with E-state index in [9.17, 15) is 0 Å². The van der Waals surface area contributed by atoms with Crippen molar-refractivity contribution in [3.63, 3.8) is 0 Å². The van der Waals surface area contributed by atoms with Crippen LogP contribution in [0, 0.1) is 5.41 Å². The van der Waals surface area contributed by atoms with Gasteiger partial charge in [-0.2, -0.15) is 15.0 Å². The second kappa shape index (κ2) is 6.04. The van der Waals surface area contributed by atoms with Gasteiger partial charge in [-0.15, -0.1) is 0 Å². The smallest absolute Gasteiger partial charge is 0.322 e. The zero-order valence-corrected chi connectivity index (χ0v) is 12.0. The Bertz CT molecular complexity index is 419. The summed E-state index contributed by atoms with van der Waals surface area (Å²) in [6.45, 7) is 6.09. The summed E-state index contributed by atoms with van der Waals surface area (Å²) < 4.78 is 5.11. The first kappa shape index (κ1) is 13.8. The predicted molar refractivity (Wildman–Crippen MR) is 75.6 cm³/mol. The fourth-order valence-corrected chi connectivity index (χ4v) is 1.94. The van der Waals surface area contributed by atoms with Crippen LogP contribution in [-0.2, 0) is 0 Å². The van der Waals surface area contributed by atoms with E-state index in [0.717, 1.165) is 19.5 Å². The first-order chi connectivity index (χ1) is 9.21. The largest absolute Gasteiger partial charge is 0.467 e. The summed E-state index contributed by atoms with van der Waals surface area (Å²) in [6.07, 6.45) is 4.80. The van der Waals surface area contributed by atoms with Crippen LogP contribution in [0.1, 0.15) is 39.5 Å². The molecule has 2 rings (SSSR count). The lowest BCUT2D eigenvalue weighted by Gasteiger charge is -2.14. The van der Waals surface area contributed by atoms with Crippen molar-refractivity contribution in [1.82, 2.24) is 15.0 Å². The van der Waals surface area contributed by atoms with Gasteiger partial charge in [-0.05, 0) is 31.1 Å². The molecule has 1 saturated carbocycles. The normalized spacial score (nSPS) is 15.9. The van der Waals surface area contributed by atoms with Crippen molar-refractivity contribution >= 4 is 11.9 Å². The van der Waals surface area contributed by atoms with Crippen molar-refractivity contribution in [3.05, 3.63) is 0 Å². The Morgan fingerprint density at radius 2 is 1.79 bits per heavy atom. The molecule has 19 heavy (non-hydrogen) atoms. The fourth-order valence-electron chi connectivity index (χ4n) is 1.94. The number of aromatic nitrogens is 3. The molecule has 0 aromatic carbocycles. The molecule has 0 unspecified atom stereocenters. The van der Waals surface area contributed by atoms with Crippen molar-refractivity contribution in [2.24, 2.45) is 5.41 Å². The molecule has 6 nitrogen and oxygen atoms in total. The Morgan fingerprint density at radius 1 is 1.11 bits per heavy atom. The molecule has 1 aliphatic carbocycles. The van der Waals surface area contributed by atoms with E-state index in [2.05, 4.69) is 39.4 Å². The van der Waals surface area contributed by atoms with Gasteiger partial charge in [0.25, 0.3) is 0 Å². The van der Waals surface area contributed by atoms with Gasteiger partial charge in [0, 0.05) is 13.1 Å². The molecule has 1 aromatic heterocycles. The third kappa shape index (κ3) is 3.68. The SMILES string of the molecule is CCCNc1nc(NCC2(CC)CC2)nc(OC)n1. The molecule has 0 radical (unpaired) electrons. The maximum Gasteiger partial charge on any atom is 0.322 e. The Morgan fingerprint density at radius 3 is 2.32 bits per heavy atom. The molecule has 0 spiro atoms. The summed E-state index contributed by atoms with van der Waals surface area (Å²) in [5.74, 6) is 1.16. The number of anilines is 2. The zero-order chi connectivity index (χ0) is 13.7. The van der Waals surface area contributed by atoms with Crippen molar-refractivity contribution in [2.45, 2.75) is 39.5 Å². The number of rotatable bonds is 8. The number of nitrogens with zero attached hydrogens (tertiary/aromatic N) is 3. The van der Waals surface area contributed by atoms with Gasteiger partial charge in [0.15, 0.2) is 0 Å². The van der Waals surface area contributed by atoms with Gasteiger partial charge < -0.3 is 15.4 Å². The van der Waals surface area contributed by atoms with E-state index in [1.54, 1.807) is 7.11 Å². The second-order valence-electron chi connectivity index (χ2n) is 5.10. The highest BCUT2D eigenvalue weighted by Crippen LogP contribution is 2.48. The van der Waals surface area contributed by atoms with Gasteiger partial charge in [0.05, 0.1) is 7.11 Å². The third-order valence-electron chi connectivity index (χ3n) is 3.66. The molecule has 1 heterocycles. The lowest BCUT2D eigenvalue weighted by Crippen LogP contribution is -2.17. The molecular weight excluding hydrogens is 242 g/mol. The first-order valence-electron chi connectivity index (χ1n) is 6.99. The Labute approximate surface area is 114 Å². The average molecular weight is 265 g/mol. The van der Waals surface area contributed by atoms with Gasteiger partial charge in [-0.25, -0.2) is 0 Å². The zero-order valence-electron chi connectivity index (χ0n) is 12.0. The van der Waals surface area contributed by atoms with Gasteiger partial charge in [0.1, 0.15) is 0 Å². The van der Waals surface area contributed by atoms with E-state index in [-0.39, 0.29) is 0 Å². The maximum atomic E-state index is 5.11. The molecule has 0 aliphatic heterocycles. The van der Waals surface area contributed by atoms with Gasteiger partial charge >= 0.3 is 6.01 Å². The van der Waals surface area contributed by atoms with Crippen LogP contribution in [0.25, 0.3) is 0 Å². The van der Waals surface area contributed by atoms with Crippen LogP contribution in [0.4, 0.5) is 11.9 Å². The van der Waals surface area contributed by atoms with Gasteiger partial charge in [-0.1, -0.05) is 13.8 Å². The summed E-state index contributed by atoms with van der Waals surface area (Å²) >= 11 is 0. The van der Waals surface area contributed by atoms with Gasteiger partial charge in [0.2, 0.25) is 11.9 Å². The first-order valence-corrected chi connectivity index (χ1v) is 6.99. The van der Waals surface area contributed by atoms with Gasteiger partial charge in [-0.3, -0.25) is 0 Å². The summed E-state index contributed by atoms with van der Waals surface area (Å²) in [5, 5.41) is 6.46. The Kier molecular flexibility index (Phi) is 4.39. The highest BCUT2D eigenvalue weighted by Gasteiger charge is 2.40. The van der Waals surface area contributed by atoms with E-state index >= 15 is 0 Å². The highest BCUT2D eigenvalue weighted by atomic mass is 16.5. The molecule has 0 amide bonds. The minimum atomic E-state index is 0.345. The number of hydrogen-bond donors (Lipinski definition) is 2. The average Bonchev–Trinajstić information content (AvgIpc) is 3.23. The molecule has 0 bridgehead atoms. The van der Waals surface area contributed by atoms with Crippen molar-refractivity contribution in [2.75, 3.05) is 30.8 Å². The molecule has 1 aliphatic rings. The van der Waals surface area contributed by atoms with E-state index in [0.29, 0.717) is 23.3 Å². The van der Waals surface area contributed by atoms with E-state index in [1.165, 1.54) is 19.3 Å². The van der Waals surface area contributed by atoms with Crippen molar-refractivity contribution < 1.29 is 4.74 Å². The lowest BCUT2D eigenvalue weighted by molar-refractivity contribution is 0.379. The summed E-state index contributed by atoms with van der Waals surface area (Å²) in [4.78, 5) is 12.8. The standard InChI is InChI=1S/C13H23N5O/c1-4-8-14-10-16-11(18-12(17-10)19-3)15-9-13(5-2)6-7-13/h4-9H2,1-3H3,(H2,14,15,16,17,18). The van der Waals surface area contributed by atoms with E-state index < -0.39 is 0 Å². The maximum absolute atomic E-state index is 5.11. The van der Waals surface area contributed by atoms with Crippen LogP contribution in [0.3, 0.4) is 0 Å². The van der Waals surface area contributed by atoms with Crippen LogP contribution in [0.5, 0.6) is 6.01 Å². The van der Waals surface area contributed by atoms with Crippen LogP contribution >= 0.6 is 0 Å². The molecule has 6 heteroatoms. The topological polar surface area (TPSA) is 72.0 Å². The van der Waals surface area contributed by atoms with Crippen molar-refractivity contribution in [3.8, 4) is 6.01 Å². The third-order valence-corrected chi connectivity index (χ3v) is 3.66. The van der Waals surface area contributed by atoms with Crippen LogP contribution < -0.4 is 15.4 Å². The number of hydrogen-bond acceptors (Lipinski definition) is 6. The van der Waals surface area contributed by atoms with Crippen LogP contribution in [0.15, 0.2) is 0 Å². The monoisotopic (exact) mass is 265 g/mol. The second-order valence-corrected chi connectivity index (χ2v) is 5.10. The molecular formula is C13H23N5O. The van der Waals surface area contributed by atoms with Crippen LogP contribution in [0.2, 0.25) is 0 Å². The highest BCUT2D eigenvalue weighted by molar-refractivity contribution is 5.36. The molecule has 0 saturated heterocycles. The molecule has 1 aromatic rings. The number of ether oxygens (including phenoxy) is 1. The molecule has 2 N–H and O–H groups in total. The predicted octanol–water partition coefficient (Wildman–Crippen LogP) is 2.30. The number of methoxy groups -OCH3 is 1. The van der Waals surface area contributed by atoms with Crippen LogP contribution in [-0.4, -0.2) is 35.2 Å². The minimum Gasteiger partial charge on any atom is -0.467 e. The van der Waals surface area contributed by atoms with E-state index in [4.69, 9.17) is 4.74 Å². The van der Waals surface area contributed by atoms with E-state index in [1.807, 2.05) is 0 Å². The summed E-state index contributed by atoms with van der Waals surface area (Å²) in [7, 11) is 1.57. The Balaban J connectivity index is 2.01.